The molecule has 0 aliphatic carbocycles. The van der Waals surface area contributed by atoms with Crippen LogP contribution in [0, 0.1) is 44.4 Å². The van der Waals surface area contributed by atoms with Gasteiger partial charge >= 0.3 is 5.97 Å². The fourth-order valence-electron chi connectivity index (χ4n) is 9.75. The normalized spacial score (nSPS) is 37.5. The molecule has 1 aromatic carbocycles. The Hall–Kier alpha value is -3.46. The zero-order valence-electron chi connectivity index (χ0n) is 41.8. The molecule has 3 aliphatic heterocycles. The molecule has 17 atom stereocenters. The summed E-state index contributed by atoms with van der Waals surface area (Å²) >= 11 is 0. The Morgan fingerprint density at radius 2 is 1.49 bits per heavy atom. The van der Waals surface area contributed by atoms with Gasteiger partial charge in [-0.05, 0) is 110 Å². The van der Waals surface area contributed by atoms with Gasteiger partial charge < -0.3 is 58.5 Å². The van der Waals surface area contributed by atoms with E-state index in [1.165, 1.54) is 19.8 Å². The number of cyclic esters (lactones) is 1. The van der Waals surface area contributed by atoms with E-state index in [-0.39, 0.29) is 18.8 Å². The van der Waals surface area contributed by atoms with Crippen molar-refractivity contribution in [2.24, 2.45) is 23.7 Å². The van der Waals surface area contributed by atoms with Gasteiger partial charge in [0.05, 0.1) is 55.8 Å². The van der Waals surface area contributed by atoms with E-state index >= 15 is 0 Å². The topological polar surface area (TPSA) is 214 Å². The average Bonchev–Trinajstić information content (AvgIpc) is 3.75. The molecule has 5 rings (SSSR count). The molecule has 0 amide bonds. The van der Waals surface area contributed by atoms with E-state index in [4.69, 9.17) is 33.2 Å². The minimum atomic E-state index is -1.29. The zero-order chi connectivity index (χ0) is 49.4. The molecule has 0 bridgehead atoms. The standard InChI is InChI=1S/C50H78N4O13/c1-14-40-35(25-63-50-48(62-13)47(61-12)44(59)33(9)65-50)19-26(2)15-16-38(55)30(6)21-34(17-18-54-24-37(51-52-54)36-22-28(4)27(3)20-29(36)5)46(31(7)39(56)23-41(57)66-40)67-49-45(60)42(53(10)11)43(58)32(8)64-49/h15-16,19-20,22,24,30-35,39-40,42-50,56,58-60H,14,17-18,21,23,25H2,1-13H3/b16-15+,26-19+/t30-,31+,32-,33-,34+,35-,39-,40-,42+,43-,44-,45-,46-,47-,48-,49+,50-/m1/s1. The lowest BCUT2D eigenvalue weighted by molar-refractivity contribution is -0.304. The number of hydrogen-bond donors (Lipinski definition) is 4. The molecule has 67 heavy (non-hydrogen) atoms. The third-order valence-corrected chi connectivity index (χ3v) is 14.1. The number of allylic oxidation sites excluding steroid dienone is 3. The van der Waals surface area contributed by atoms with Crippen LogP contribution in [-0.2, 0) is 49.3 Å². The first-order valence-electron chi connectivity index (χ1n) is 23.8. The van der Waals surface area contributed by atoms with Gasteiger partial charge in [-0.15, -0.1) is 5.10 Å². The van der Waals surface area contributed by atoms with Crippen LogP contribution in [0.15, 0.2) is 42.1 Å². The lowest BCUT2D eigenvalue weighted by Gasteiger charge is -2.46. The SMILES string of the molecule is CC[C@H]1OC(=O)C[C@@H](O)[C@H](C)[C@@H](O[C@@H]2O[C@H](C)[C@@H](O)[C@H](N(C)C)[C@H]2O)[C@@H](CCn2cc(-c3cc(C)c(C)cc3C)nn2)C[C@@H](C)C(=O)/C=C/C(C)=C/[C@@H]1CO[C@@H]1O[C@H](C)[C@@H](O)[C@@H](OC)[C@H]1OC. The second-order valence-electron chi connectivity index (χ2n) is 19.4. The Balaban J connectivity index is 1.49. The van der Waals surface area contributed by atoms with E-state index in [0.717, 1.165) is 28.0 Å². The number of ether oxygens (including phenoxy) is 7. The summed E-state index contributed by atoms with van der Waals surface area (Å²) in [4.78, 5) is 29.8. The van der Waals surface area contributed by atoms with E-state index in [1.807, 2.05) is 40.0 Å². The van der Waals surface area contributed by atoms with Gasteiger partial charge in [0.15, 0.2) is 18.4 Å². The van der Waals surface area contributed by atoms with Crippen LogP contribution in [-0.4, -0.2) is 167 Å². The van der Waals surface area contributed by atoms with Gasteiger partial charge in [-0.1, -0.05) is 49.8 Å². The molecular weight excluding hydrogens is 865 g/mol. The van der Waals surface area contributed by atoms with Gasteiger partial charge in [-0.3, -0.25) is 14.3 Å². The Bertz CT molecular complexity index is 1990. The molecule has 17 heteroatoms. The van der Waals surface area contributed by atoms with Gasteiger partial charge in [0.25, 0.3) is 0 Å². The highest BCUT2D eigenvalue weighted by molar-refractivity contribution is 5.91. The molecule has 0 unspecified atom stereocenters. The first-order valence-corrected chi connectivity index (χ1v) is 23.8. The zero-order valence-corrected chi connectivity index (χ0v) is 41.8. The Morgan fingerprint density at radius 3 is 2.15 bits per heavy atom. The first kappa shape index (κ1) is 54.5. The number of carbonyl (C=O) groups is 2. The molecular formula is C50H78N4O13. The third-order valence-electron chi connectivity index (χ3n) is 14.1. The lowest BCUT2D eigenvalue weighted by Crippen LogP contribution is -2.63. The Labute approximate surface area is 396 Å². The Morgan fingerprint density at radius 1 is 0.836 bits per heavy atom. The van der Waals surface area contributed by atoms with Gasteiger partial charge in [0.2, 0.25) is 0 Å². The number of ketones is 1. The number of aromatic nitrogens is 3. The van der Waals surface area contributed by atoms with Crippen molar-refractivity contribution in [2.75, 3.05) is 34.9 Å². The number of carbonyl (C=O) groups excluding carboxylic acids is 2. The maximum Gasteiger partial charge on any atom is 0.308 e. The van der Waals surface area contributed by atoms with Crippen LogP contribution in [0.4, 0.5) is 0 Å². The van der Waals surface area contributed by atoms with Crippen molar-refractivity contribution in [3.8, 4) is 11.3 Å². The minimum absolute atomic E-state index is 0.0178. The number of rotatable bonds is 13. The van der Waals surface area contributed by atoms with Crippen LogP contribution in [0.5, 0.6) is 0 Å². The number of aliphatic hydroxyl groups is 4. The predicted molar refractivity (Wildman–Crippen MR) is 249 cm³/mol. The summed E-state index contributed by atoms with van der Waals surface area (Å²) in [5, 5.41) is 54.5. The maximum absolute atomic E-state index is 14.1. The summed E-state index contributed by atoms with van der Waals surface area (Å²) in [5.74, 6) is -3.03. The van der Waals surface area contributed by atoms with Crippen molar-refractivity contribution in [3.05, 3.63) is 58.8 Å². The summed E-state index contributed by atoms with van der Waals surface area (Å²) in [6.45, 7) is 17.4. The van der Waals surface area contributed by atoms with Crippen LogP contribution in [0.3, 0.4) is 0 Å². The third kappa shape index (κ3) is 13.5. The molecule has 4 N–H and O–H groups in total. The van der Waals surface area contributed by atoms with E-state index in [9.17, 15) is 30.0 Å². The fraction of sp³-hybridized carbons (Fsp3) is 0.720. The lowest BCUT2D eigenvalue weighted by atomic mass is 9.79. The monoisotopic (exact) mass is 943 g/mol. The maximum atomic E-state index is 14.1. The van der Waals surface area contributed by atoms with Gasteiger partial charge in [-0.25, -0.2) is 0 Å². The molecule has 3 aliphatic rings. The Kier molecular flexibility index (Phi) is 19.8. The summed E-state index contributed by atoms with van der Waals surface area (Å²) in [6, 6.07) is 3.50. The number of aryl methyl sites for hydroxylation is 4. The second-order valence-corrected chi connectivity index (χ2v) is 19.4. The van der Waals surface area contributed by atoms with E-state index in [1.54, 1.807) is 56.6 Å². The number of aliphatic hydroxyl groups excluding tert-OH is 4. The smallest absolute Gasteiger partial charge is 0.308 e. The van der Waals surface area contributed by atoms with Crippen LogP contribution in [0.25, 0.3) is 11.3 Å². The average molecular weight is 943 g/mol. The van der Waals surface area contributed by atoms with Crippen molar-refractivity contribution in [2.45, 2.75) is 174 Å². The van der Waals surface area contributed by atoms with Gasteiger partial charge in [0, 0.05) is 44.1 Å². The van der Waals surface area contributed by atoms with Crippen molar-refractivity contribution in [3.63, 3.8) is 0 Å². The quantitative estimate of drug-likeness (QED) is 0.207. The minimum Gasteiger partial charge on any atom is -0.462 e. The number of esters is 1. The summed E-state index contributed by atoms with van der Waals surface area (Å²) in [6.07, 6.45) is -3.30. The summed E-state index contributed by atoms with van der Waals surface area (Å²) in [7, 11) is 6.47. The van der Waals surface area contributed by atoms with Crippen LogP contribution in [0.2, 0.25) is 0 Å². The molecule has 376 valence electrons. The van der Waals surface area contributed by atoms with Gasteiger partial charge in [-0.2, -0.15) is 0 Å². The highest BCUT2D eigenvalue weighted by Gasteiger charge is 2.48. The van der Waals surface area contributed by atoms with Crippen molar-refractivity contribution in [1.82, 2.24) is 19.9 Å². The largest absolute Gasteiger partial charge is 0.462 e. The molecule has 2 fully saturated rings. The summed E-state index contributed by atoms with van der Waals surface area (Å²) < 4.78 is 44.4. The molecule has 4 heterocycles. The summed E-state index contributed by atoms with van der Waals surface area (Å²) in [5.41, 5.74) is 5.84. The number of benzene rings is 1. The number of nitrogens with zero attached hydrogens (tertiary/aromatic N) is 4. The molecule has 2 saturated heterocycles. The highest BCUT2D eigenvalue weighted by atomic mass is 16.7. The van der Waals surface area contributed by atoms with Gasteiger partial charge in [0.1, 0.15) is 36.2 Å². The molecule has 0 saturated carbocycles. The van der Waals surface area contributed by atoms with E-state index in [0.29, 0.717) is 25.8 Å². The van der Waals surface area contributed by atoms with Crippen LogP contribution >= 0.6 is 0 Å². The number of hydrogen-bond acceptors (Lipinski definition) is 16. The molecule has 0 spiro atoms. The van der Waals surface area contributed by atoms with Crippen molar-refractivity contribution >= 4 is 11.8 Å². The van der Waals surface area contributed by atoms with Crippen molar-refractivity contribution < 1.29 is 63.2 Å². The second kappa shape index (κ2) is 24.4. The van der Waals surface area contributed by atoms with E-state index < -0.39 is 109 Å². The van der Waals surface area contributed by atoms with Crippen LogP contribution < -0.4 is 0 Å². The molecule has 17 nitrogen and oxygen atoms in total. The number of likely N-dealkylation sites (N-methyl/N-ethyl adjacent to an activating group) is 1. The first-order chi connectivity index (χ1) is 31.7. The number of methoxy groups -OCH3 is 2. The predicted octanol–water partition coefficient (Wildman–Crippen LogP) is 4.25. The molecule has 1 aromatic heterocycles. The van der Waals surface area contributed by atoms with E-state index in [2.05, 4.69) is 36.3 Å². The van der Waals surface area contributed by atoms with Crippen molar-refractivity contribution in [1.29, 1.82) is 0 Å². The highest BCUT2D eigenvalue weighted by Crippen LogP contribution is 2.36. The van der Waals surface area contributed by atoms with Crippen LogP contribution in [0.1, 0.15) is 83.9 Å². The molecule has 2 aromatic rings. The molecule has 0 radical (unpaired) electrons. The fourth-order valence-corrected chi connectivity index (χ4v) is 9.75.